The Morgan fingerprint density at radius 3 is 2.33 bits per heavy atom. The number of carbonyl (C=O) groups is 1. The summed E-state index contributed by atoms with van der Waals surface area (Å²) in [6, 6.07) is 13.9. The number of amides is 1. The van der Waals surface area contributed by atoms with E-state index in [1.165, 1.54) is 12.1 Å². The van der Waals surface area contributed by atoms with E-state index in [0.717, 1.165) is 28.4 Å². The monoisotopic (exact) mass is 390 g/mol. The lowest BCUT2D eigenvalue weighted by Crippen LogP contribution is -2.50. The molecule has 1 unspecified atom stereocenters. The number of nitrogens with one attached hydrogen (secondary N) is 1. The first-order valence-electron chi connectivity index (χ1n) is 7.93. The van der Waals surface area contributed by atoms with Crippen molar-refractivity contribution in [3.8, 4) is 0 Å². The number of hydrogen-bond donors (Lipinski definition) is 2. The maximum Gasteiger partial charge on any atom is 0.244 e. The molecule has 3 nitrogen and oxygen atoms in total. The summed E-state index contributed by atoms with van der Waals surface area (Å²) in [6.45, 7) is 2.23. The Kier molecular flexibility index (Phi) is 4.49. The molecule has 3 N–H and O–H groups in total. The number of rotatable bonds is 5. The van der Waals surface area contributed by atoms with Crippen LogP contribution in [0, 0.1) is 5.82 Å². The minimum atomic E-state index is -1.10. The van der Waals surface area contributed by atoms with Crippen molar-refractivity contribution in [3.05, 3.63) is 69.9 Å². The minimum Gasteiger partial charge on any atom is -0.353 e. The van der Waals surface area contributed by atoms with Crippen LogP contribution in [0.2, 0.25) is 0 Å². The number of nitrogens with two attached hydrogens (primary N) is 1. The van der Waals surface area contributed by atoms with Crippen LogP contribution in [0.4, 0.5) is 4.39 Å². The van der Waals surface area contributed by atoms with Gasteiger partial charge in [-0.1, -0.05) is 40.2 Å². The fourth-order valence-corrected chi connectivity index (χ4v) is 3.15. The van der Waals surface area contributed by atoms with Crippen LogP contribution in [0.5, 0.6) is 0 Å². The van der Waals surface area contributed by atoms with Crippen LogP contribution in [0.25, 0.3) is 0 Å². The summed E-state index contributed by atoms with van der Waals surface area (Å²) < 4.78 is 14.0. The van der Waals surface area contributed by atoms with E-state index in [1.54, 1.807) is 19.1 Å². The lowest BCUT2D eigenvalue weighted by Gasteiger charge is -2.26. The molecule has 2 aromatic rings. The van der Waals surface area contributed by atoms with E-state index >= 15 is 0 Å². The fourth-order valence-electron chi connectivity index (χ4n) is 2.88. The SMILES string of the molecule is CC(N)(C(=O)NCC1(c2ccc(F)cc2)CC1)c1ccc(Br)cc1. The van der Waals surface area contributed by atoms with Gasteiger partial charge in [-0.3, -0.25) is 4.79 Å². The van der Waals surface area contributed by atoms with Gasteiger partial charge in [-0.25, -0.2) is 4.39 Å². The Balaban J connectivity index is 1.68. The highest BCUT2D eigenvalue weighted by Gasteiger charge is 2.45. The predicted molar refractivity (Wildman–Crippen MR) is 96.0 cm³/mol. The third-order valence-electron chi connectivity index (χ3n) is 4.81. The Bertz CT molecular complexity index is 737. The number of benzene rings is 2. The number of halogens is 2. The Hall–Kier alpha value is -1.72. The van der Waals surface area contributed by atoms with Crippen molar-refractivity contribution >= 4 is 21.8 Å². The molecule has 1 aliphatic rings. The van der Waals surface area contributed by atoms with Gasteiger partial charge in [0.25, 0.3) is 0 Å². The quantitative estimate of drug-likeness (QED) is 0.818. The Morgan fingerprint density at radius 2 is 1.79 bits per heavy atom. The molecule has 126 valence electrons. The van der Waals surface area contributed by atoms with Gasteiger partial charge in [0, 0.05) is 16.4 Å². The number of carbonyl (C=O) groups excluding carboxylic acids is 1. The summed E-state index contributed by atoms with van der Waals surface area (Å²) in [7, 11) is 0. The van der Waals surface area contributed by atoms with Crippen LogP contribution in [-0.4, -0.2) is 12.5 Å². The molecule has 1 aliphatic carbocycles. The molecule has 0 radical (unpaired) electrons. The molecule has 1 atom stereocenters. The summed E-state index contributed by atoms with van der Waals surface area (Å²) in [6.07, 6.45) is 1.97. The van der Waals surface area contributed by atoms with Crippen molar-refractivity contribution in [1.29, 1.82) is 0 Å². The van der Waals surface area contributed by atoms with Crippen LogP contribution in [0.15, 0.2) is 53.0 Å². The summed E-state index contributed by atoms with van der Waals surface area (Å²) in [4.78, 5) is 12.6. The second-order valence-electron chi connectivity index (χ2n) is 6.68. The summed E-state index contributed by atoms with van der Waals surface area (Å²) >= 11 is 3.38. The van der Waals surface area contributed by atoms with Crippen molar-refractivity contribution in [2.45, 2.75) is 30.7 Å². The fraction of sp³-hybridized carbons (Fsp3) is 0.316. The normalized spacial score (nSPS) is 17.8. The van der Waals surface area contributed by atoms with E-state index < -0.39 is 5.54 Å². The van der Waals surface area contributed by atoms with E-state index in [0.29, 0.717) is 6.54 Å². The molecule has 0 heterocycles. The average molecular weight is 391 g/mol. The molecule has 0 bridgehead atoms. The van der Waals surface area contributed by atoms with E-state index in [2.05, 4.69) is 21.2 Å². The van der Waals surface area contributed by atoms with Crippen LogP contribution in [-0.2, 0) is 15.7 Å². The second-order valence-corrected chi connectivity index (χ2v) is 7.59. The molecule has 5 heteroatoms. The smallest absolute Gasteiger partial charge is 0.244 e. The molecular formula is C19H20BrFN2O. The minimum absolute atomic E-state index is 0.0842. The summed E-state index contributed by atoms with van der Waals surface area (Å²) in [5, 5.41) is 2.98. The Morgan fingerprint density at radius 1 is 1.21 bits per heavy atom. The molecule has 0 saturated heterocycles. The molecular weight excluding hydrogens is 371 g/mol. The van der Waals surface area contributed by atoms with Crippen molar-refractivity contribution in [2.24, 2.45) is 5.73 Å². The molecule has 1 fully saturated rings. The van der Waals surface area contributed by atoms with E-state index in [-0.39, 0.29) is 17.1 Å². The zero-order valence-corrected chi connectivity index (χ0v) is 15.1. The van der Waals surface area contributed by atoms with Crippen LogP contribution >= 0.6 is 15.9 Å². The van der Waals surface area contributed by atoms with Crippen molar-refractivity contribution in [1.82, 2.24) is 5.32 Å². The zero-order chi connectivity index (χ0) is 17.4. The summed E-state index contributed by atoms with van der Waals surface area (Å²) in [5.74, 6) is -0.457. The van der Waals surface area contributed by atoms with Gasteiger partial charge in [0.05, 0.1) is 0 Å². The first-order chi connectivity index (χ1) is 11.3. The van der Waals surface area contributed by atoms with Crippen LogP contribution < -0.4 is 11.1 Å². The molecule has 0 aromatic heterocycles. The lowest BCUT2D eigenvalue weighted by molar-refractivity contribution is -0.126. The first kappa shape index (κ1) is 17.1. The van der Waals surface area contributed by atoms with Crippen molar-refractivity contribution in [2.75, 3.05) is 6.54 Å². The van der Waals surface area contributed by atoms with Gasteiger partial charge in [0.15, 0.2) is 0 Å². The van der Waals surface area contributed by atoms with Crippen LogP contribution in [0.1, 0.15) is 30.9 Å². The highest BCUT2D eigenvalue weighted by atomic mass is 79.9. The van der Waals surface area contributed by atoms with E-state index in [4.69, 9.17) is 5.73 Å². The van der Waals surface area contributed by atoms with Crippen molar-refractivity contribution < 1.29 is 9.18 Å². The standard InChI is InChI=1S/C19H20BrFN2O/c1-18(22,13-2-6-15(20)7-3-13)17(24)23-12-19(10-11-19)14-4-8-16(21)9-5-14/h2-9H,10-12,22H2,1H3,(H,23,24). The molecule has 2 aromatic carbocycles. The zero-order valence-electron chi connectivity index (χ0n) is 13.5. The highest BCUT2D eigenvalue weighted by Crippen LogP contribution is 2.47. The largest absolute Gasteiger partial charge is 0.353 e. The van der Waals surface area contributed by atoms with Gasteiger partial charge >= 0.3 is 0 Å². The molecule has 24 heavy (non-hydrogen) atoms. The van der Waals surface area contributed by atoms with Crippen LogP contribution in [0.3, 0.4) is 0 Å². The third-order valence-corrected chi connectivity index (χ3v) is 5.34. The maximum atomic E-state index is 13.1. The average Bonchev–Trinajstić information content (AvgIpc) is 3.35. The molecule has 3 rings (SSSR count). The number of hydrogen-bond acceptors (Lipinski definition) is 2. The van der Waals surface area contributed by atoms with Crippen molar-refractivity contribution in [3.63, 3.8) is 0 Å². The molecule has 0 spiro atoms. The predicted octanol–water partition coefficient (Wildman–Crippen LogP) is 3.61. The van der Waals surface area contributed by atoms with Gasteiger partial charge in [0.1, 0.15) is 11.4 Å². The maximum absolute atomic E-state index is 13.1. The topological polar surface area (TPSA) is 55.1 Å². The third kappa shape index (κ3) is 3.37. The highest BCUT2D eigenvalue weighted by molar-refractivity contribution is 9.10. The van der Waals surface area contributed by atoms with Gasteiger partial charge in [-0.2, -0.15) is 0 Å². The van der Waals surface area contributed by atoms with Gasteiger partial charge in [-0.05, 0) is 55.2 Å². The first-order valence-corrected chi connectivity index (χ1v) is 8.72. The van der Waals surface area contributed by atoms with Gasteiger partial charge in [-0.15, -0.1) is 0 Å². The van der Waals surface area contributed by atoms with Gasteiger partial charge in [0.2, 0.25) is 5.91 Å². The molecule has 0 aliphatic heterocycles. The molecule has 1 amide bonds. The lowest BCUT2D eigenvalue weighted by atomic mass is 9.91. The van der Waals surface area contributed by atoms with Gasteiger partial charge < -0.3 is 11.1 Å². The molecule has 1 saturated carbocycles. The summed E-state index contributed by atoms with van der Waals surface area (Å²) in [5.41, 5.74) is 6.90. The van der Waals surface area contributed by atoms with E-state index in [9.17, 15) is 9.18 Å². The van der Waals surface area contributed by atoms with E-state index in [1.807, 2.05) is 24.3 Å². The second kappa shape index (κ2) is 6.30. The Labute approximate surface area is 149 Å².